The highest BCUT2D eigenvalue weighted by atomic mass is 16.5. The van der Waals surface area contributed by atoms with Crippen LogP contribution in [0.4, 0.5) is 10.5 Å². The molecular weight excluding hydrogens is 342 g/mol. The summed E-state index contributed by atoms with van der Waals surface area (Å²) in [6.45, 7) is 1.79. The average molecular weight is 365 g/mol. The van der Waals surface area contributed by atoms with E-state index in [1.165, 1.54) is 11.1 Å². The highest BCUT2D eigenvalue weighted by Gasteiger charge is 2.33. The number of urea groups is 1. The molecule has 2 heterocycles. The quantitative estimate of drug-likeness (QED) is 0.909. The molecule has 0 spiro atoms. The van der Waals surface area contributed by atoms with Gasteiger partial charge < -0.3 is 19.9 Å². The summed E-state index contributed by atoms with van der Waals surface area (Å²) in [5, 5.41) is 3.03. The predicted molar refractivity (Wildman–Crippen MR) is 103 cm³/mol. The molecule has 2 aliphatic rings. The summed E-state index contributed by atoms with van der Waals surface area (Å²) >= 11 is 0. The predicted octanol–water partition coefficient (Wildman–Crippen LogP) is 2.57. The third kappa shape index (κ3) is 3.60. The second-order valence-electron chi connectivity index (χ2n) is 7.00. The lowest BCUT2D eigenvalue weighted by atomic mass is 10.0. The maximum absolute atomic E-state index is 12.7. The number of amides is 3. The molecule has 1 saturated heterocycles. The molecule has 6 nitrogen and oxygen atoms in total. The van der Waals surface area contributed by atoms with Gasteiger partial charge in [0.2, 0.25) is 5.91 Å². The molecule has 6 heteroatoms. The fraction of sp³-hybridized carbons (Fsp3) is 0.333. The number of fused-ring (bicyclic) bond motifs is 1. The highest BCUT2D eigenvalue weighted by Crippen LogP contribution is 2.26. The molecule has 0 aliphatic carbocycles. The Morgan fingerprint density at radius 3 is 2.78 bits per heavy atom. The molecule has 2 aromatic rings. The Morgan fingerprint density at radius 2 is 1.96 bits per heavy atom. The lowest BCUT2D eigenvalue weighted by Gasteiger charge is -2.30. The van der Waals surface area contributed by atoms with Gasteiger partial charge in [-0.15, -0.1) is 0 Å². The van der Waals surface area contributed by atoms with E-state index in [9.17, 15) is 9.59 Å². The van der Waals surface area contributed by atoms with Gasteiger partial charge in [0.05, 0.1) is 13.2 Å². The largest absolute Gasteiger partial charge is 0.497 e. The maximum Gasteiger partial charge on any atom is 0.318 e. The number of rotatable bonds is 3. The summed E-state index contributed by atoms with van der Waals surface area (Å²) in [5.74, 6) is 0.720. The number of carbonyl (C=O) groups excluding carboxylic acids is 2. The third-order valence-corrected chi connectivity index (χ3v) is 5.24. The third-order valence-electron chi connectivity index (χ3n) is 5.24. The normalized spacial score (nSPS) is 19.0. The SMILES string of the molecule is COc1cccc(N2C[C@H](NC(=O)N3CCc4ccccc4C3)CC2=O)c1. The first-order valence-corrected chi connectivity index (χ1v) is 9.20. The van der Waals surface area contributed by atoms with Gasteiger partial charge in [-0.1, -0.05) is 30.3 Å². The van der Waals surface area contributed by atoms with Gasteiger partial charge in [-0.25, -0.2) is 4.79 Å². The van der Waals surface area contributed by atoms with Crippen molar-refractivity contribution >= 4 is 17.6 Å². The molecule has 2 aromatic carbocycles. The minimum atomic E-state index is -0.187. The molecule has 140 valence electrons. The molecular formula is C21H23N3O3. The Balaban J connectivity index is 1.39. The van der Waals surface area contributed by atoms with Crippen LogP contribution >= 0.6 is 0 Å². The second-order valence-corrected chi connectivity index (χ2v) is 7.00. The number of carbonyl (C=O) groups is 2. The zero-order chi connectivity index (χ0) is 18.8. The monoisotopic (exact) mass is 365 g/mol. The van der Waals surface area contributed by atoms with Crippen molar-refractivity contribution in [1.29, 1.82) is 0 Å². The van der Waals surface area contributed by atoms with Gasteiger partial charge in [-0.3, -0.25) is 4.79 Å². The van der Waals surface area contributed by atoms with Crippen LogP contribution in [0.1, 0.15) is 17.5 Å². The lowest BCUT2D eigenvalue weighted by molar-refractivity contribution is -0.117. The van der Waals surface area contributed by atoms with Gasteiger partial charge >= 0.3 is 6.03 Å². The molecule has 0 saturated carbocycles. The topological polar surface area (TPSA) is 61.9 Å². The second kappa shape index (κ2) is 7.31. The highest BCUT2D eigenvalue weighted by molar-refractivity contribution is 5.97. The molecule has 27 heavy (non-hydrogen) atoms. The molecule has 1 N–H and O–H groups in total. The van der Waals surface area contributed by atoms with E-state index in [4.69, 9.17) is 4.74 Å². The molecule has 4 rings (SSSR count). The van der Waals surface area contributed by atoms with E-state index in [0.29, 0.717) is 31.8 Å². The molecule has 0 unspecified atom stereocenters. The number of hydrogen-bond donors (Lipinski definition) is 1. The number of benzene rings is 2. The van der Waals surface area contributed by atoms with Crippen molar-refractivity contribution in [2.45, 2.75) is 25.4 Å². The Morgan fingerprint density at radius 1 is 1.15 bits per heavy atom. The van der Waals surface area contributed by atoms with Crippen LogP contribution in [0.2, 0.25) is 0 Å². The molecule has 0 radical (unpaired) electrons. The molecule has 3 amide bonds. The average Bonchev–Trinajstić information content (AvgIpc) is 3.07. The fourth-order valence-corrected chi connectivity index (χ4v) is 3.77. The van der Waals surface area contributed by atoms with Gasteiger partial charge in [0, 0.05) is 37.8 Å². The molecule has 0 bridgehead atoms. The molecule has 0 aromatic heterocycles. The van der Waals surface area contributed by atoms with Gasteiger partial charge in [0.25, 0.3) is 0 Å². The van der Waals surface area contributed by atoms with Crippen molar-refractivity contribution in [3.63, 3.8) is 0 Å². The first-order chi connectivity index (χ1) is 13.1. The first-order valence-electron chi connectivity index (χ1n) is 9.20. The van der Waals surface area contributed by atoms with E-state index in [0.717, 1.165) is 12.1 Å². The van der Waals surface area contributed by atoms with Crippen LogP contribution in [0, 0.1) is 0 Å². The van der Waals surface area contributed by atoms with E-state index >= 15 is 0 Å². The van der Waals surface area contributed by atoms with Crippen LogP contribution in [0.3, 0.4) is 0 Å². The van der Waals surface area contributed by atoms with Crippen LogP contribution in [-0.2, 0) is 17.8 Å². The minimum Gasteiger partial charge on any atom is -0.497 e. The fourth-order valence-electron chi connectivity index (χ4n) is 3.77. The zero-order valence-electron chi connectivity index (χ0n) is 15.4. The number of nitrogens with zero attached hydrogens (tertiary/aromatic N) is 2. The van der Waals surface area contributed by atoms with Crippen LogP contribution in [0.25, 0.3) is 0 Å². The van der Waals surface area contributed by atoms with Crippen molar-refractivity contribution in [3.05, 3.63) is 59.7 Å². The summed E-state index contributed by atoms with van der Waals surface area (Å²) in [6.07, 6.45) is 1.18. The summed E-state index contributed by atoms with van der Waals surface area (Å²) in [6, 6.07) is 15.4. The van der Waals surface area contributed by atoms with E-state index in [-0.39, 0.29) is 18.0 Å². The van der Waals surface area contributed by atoms with Crippen molar-refractivity contribution in [2.75, 3.05) is 25.1 Å². The number of nitrogens with one attached hydrogen (secondary N) is 1. The standard InChI is InChI=1S/C21H23N3O3/c1-27-19-8-4-7-18(12-19)24-14-17(11-20(24)25)22-21(26)23-10-9-15-5-2-3-6-16(15)13-23/h2-8,12,17H,9-11,13-14H2,1H3,(H,22,26)/t17-/m1/s1. The summed E-state index contributed by atoms with van der Waals surface area (Å²) in [5.41, 5.74) is 3.30. The van der Waals surface area contributed by atoms with Gasteiger partial charge in [-0.05, 0) is 29.7 Å². The number of ether oxygens (including phenoxy) is 1. The number of hydrogen-bond acceptors (Lipinski definition) is 3. The van der Waals surface area contributed by atoms with Gasteiger partial charge in [0.1, 0.15) is 5.75 Å². The smallest absolute Gasteiger partial charge is 0.318 e. The summed E-state index contributed by atoms with van der Waals surface area (Å²) in [7, 11) is 1.60. The summed E-state index contributed by atoms with van der Waals surface area (Å²) < 4.78 is 5.23. The van der Waals surface area contributed by atoms with Crippen molar-refractivity contribution in [3.8, 4) is 5.75 Å². The Kier molecular flexibility index (Phi) is 4.71. The maximum atomic E-state index is 12.7. The molecule has 2 aliphatic heterocycles. The lowest BCUT2D eigenvalue weighted by Crippen LogP contribution is -2.47. The van der Waals surface area contributed by atoms with E-state index in [2.05, 4.69) is 17.4 Å². The number of anilines is 1. The van der Waals surface area contributed by atoms with Gasteiger partial charge in [-0.2, -0.15) is 0 Å². The Labute approximate surface area is 158 Å². The number of methoxy groups -OCH3 is 1. The van der Waals surface area contributed by atoms with Crippen LogP contribution in [0.15, 0.2) is 48.5 Å². The van der Waals surface area contributed by atoms with Crippen LogP contribution in [0.5, 0.6) is 5.75 Å². The van der Waals surface area contributed by atoms with E-state index in [1.54, 1.807) is 12.0 Å². The zero-order valence-corrected chi connectivity index (χ0v) is 15.4. The van der Waals surface area contributed by atoms with E-state index in [1.807, 2.05) is 41.3 Å². The van der Waals surface area contributed by atoms with E-state index < -0.39 is 0 Å². The molecule has 1 atom stereocenters. The van der Waals surface area contributed by atoms with Gasteiger partial charge in [0.15, 0.2) is 0 Å². The summed E-state index contributed by atoms with van der Waals surface area (Å²) in [4.78, 5) is 28.6. The van der Waals surface area contributed by atoms with Crippen molar-refractivity contribution in [2.24, 2.45) is 0 Å². The van der Waals surface area contributed by atoms with Crippen molar-refractivity contribution < 1.29 is 14.3 Å². The Hall–Kier alpha value is -3.02. The minimum absolute atomic E-state index is 0.0116. The Bertz CT molecular complexity index is 867. The van der Waals surface area contributed by atoms with Crippen LogP contribution < -0.4 is 15.0 Å². The molecule has 1 fully saturated rings. The van der Waals surface area contributed by atoms with Crippen LogP contribution in [-0.4, -0.2) is 43.1 Å². The van der Waals surface area contributed by atoms with Crippen molar-refractivity contribution in [1.82, 2.24) is 10.2 Å². The first kappa shape index (κ1) is 17.4.